The number of aromatic nitrogens is 1. The van der Waals surface area contributed by atoms with E-state index in [1.165, 1.54) is 47.8 Å². The van der Waals surface area contributed by atoms with E-state index < -0.39 is 12.1 Å². The van der Waals surface area contributed by atoms with Crippen LogP contribution >= 0.6 is 0 Å². The summed E-state index contributed by atoms with van der Waals surface area (Å²) in [6, 6.07) is 45.2. The van der Waals surface area contributed by atoms with Gasteiger partial charge >= 0.3 is 5.97 Å². The topological polar surface area (TPSA) is 58.2 Å². The predicted molar refractivity (Wildman–Crippen MR) is 168 cm³/mol. The molecule has 5 heteroatoms. The zero-order chi connectivity index (χ0) is 28.9. The second-order valence-electron chi connectivity index (χ2n) is 10.3. The van der Waals surface area contributed by atoms with Gasteiger partial charge in [0.1, 0.15) is 5.56 Å². The Hall–Kier alpha value is -4.77. The van der Waals surface area contributed by atoms with Gasteiger partial charge in [-0.3, -0.25) is 4.79 Å². The van der Waals surface area contributed by atoms with Gasteiger partial charge in [0.15, 0.2) is 12.4 Å². The highest BCUT2D eigenvalue weighted by Crippen LogP contribution is 2.16. The quantitative estimate of drug-likeness (QED) is 0.144. The lowest BCUT2D eigenvalue weighted by Crippen LogP contribution is -2.66. The predicted octanol–water partition coefficient (Wildman–Crippen LogP) is 5.51. The lowest BCUT2D eigenvalue weighted by molar-refractivity contribution is -0.683. The molecule has 1 heterocycles. The normalized spacial score (nSPS) is 10.8. The maximum atomic E-state index is 11.9. The minimum Gasteiger partial charge on any atom is -0.477 e. The molecule has 0 aliphatic heterocycles. The molecule has 0 saturated heterocycles. The maximum absolute atomic E-state index is 11.9. The summed E-state index contributed by atoms with van der Waals surface area (Å²) >= 11 is 0. The summed E-state index contributed by atoms with van der Waals surface area (Å²) in [6.07, 6.45) is 5.85. The summed E-state index contributed by atoms with van der Waals surface area (Å²) in [5, 5.41) is 8.86. The van der Waals surface area contributed by atoms with Crippen molar-refractivity contribution in [2.75, 3.05) is 0 Å². The van der Waals surface area contributed by atoms with Crippen molar-refractivity contribution in [3.63, 3.8) is 0 Å². The van der Waals surface area contributed by atoms with E-state index in [1.807, 2.05) is 6.07 Å². The van der Waals surface area contributed by atoms with E-state index in [0.29, 0.717) is 5.56 Å². The lowest BCUT2D eigenvalue weighted by Gasteiger charge is -2.43. The third-order valence-electron chi connectivity index (χ3n) is 7.62. The highest BCUT2D eigenvalue weighted by molar-refractivity contribution is 7.11. The Morgan fingerprint density at radius 2 is 1.07 bits per heavy atom. The first-order chi connectivity index (χ1) is 20.0. The molecule has 1 aromatic heterocycles. The Morgan fingerprint density at radius 1 is 0.634 bits per heavy atom. The molecule has 4 nitrogen and oxygen atoms in total. The number of Topliss-reactive ketones (excluding diaryl/α,β-unsaturated/α-hetero) is 1. The summed E-state index contributed by atoms with van der Waals surface area (Å²) in [6.45, 7) is 2.41. The third-order valence-corrected chi connectivity index (χ3v) is 7.62. The molecule has 0 fully saturated rings. The highest BCUT2D eigenvalue weighted by Gasteiger charge is 2.28. The highest BCUT2D eigenvalue weighted by atomic mass is 16.4. The third kappa shape index (κ3) is 7.46. The zero-order valence-corrected chi connectivity index (χ0v) is 23.5. The molecule has 5 rings (SSSR count). The average molecular weight is 542 g/mol. The minimum absolute atomic E-state index is 0.0526. The van der Waals surface area contributed by atoms with Gasteiger partial charge in [-0.05, 0) is 6.07 Å². The van der Waals surface area contributed by atoms with E-state index in [-0.39, 0.29) is 17.9 Å². The lowest BCUT2D eigenvalue weighted by atomic mass is 9.14. The summed E-state index contributed by atoms with van der Waals surface area (Å²) in [5.74, 6) is -1.06. The second-order valence-corrected chi connectivity index (χ2v) is 10.3. The number of pyridine rings is 1. The molecule has 0 atom stereocenters. The van der Waals surface area contributed by atoms with Gasteiger partial charge in [0.05, 0.1) is 6.15 Å². The molecule has 41 heavy (non-hydrogen) atoms. The van der Waals surface area contributed by atoms with Crippen molar-refractivity contribution >= 4 is 34.3 Å². The van der Waals surface area contributed by atoms with Gasteiger partial charge in [-0.25, -0.2) is 4.79 Å². The Kier molecular flexibility index (Phi) is 10.4. The summed E-state index contributed by atoms with van der Waals surface area (Å²) < 4.78 is 1.57. The number of hydrogen-bond donors (Lipinski definition) is 1. The Bertz CT molecular complexity index is 1430. The van der Waals surface area contributed by atoms with Gasteiger partial charge in [0.25, 0.3) is 0 Å². The van der Waals surface area contributed by atoms with Crippen LogP contribution in [0, 0.1) is 0 Å². The monoisotopic (exact) mass is 541 g/mol. The first-order valence-electron chi connectivity index (χ1n) is 14.2. The Morgan fingerprint density at radius 3 is 1.51 bits per heavy atom. The van der Waals surface area contributed by atoms with Gasteiger partial charge in [-0.15, -0.1) is 0 Å². The second kappa shape index (κ2) is 14.6. The first-order valence-corrected chi connectivity index (χ1v) is 14.2. The van der Waals surface area contributed by atoms with Crippen LogP contribution in [0.15, 0.2) is 146 Å². The van der Waals surface area contributed by atoms with E-state index in [4.69, 9.17) is 5.11 Å². The van der Waals surface area contributed by atoms with Crippen LogP contribution in [0.3, 0.4) is 0 Å². The molecule has 0 aliphatic carbocycles. The number of carbonyl (C=O) groups is 2. The van der Waals surface area contributed by atoms with E-state index >= 15 is 0 Å². The summed E-state index contributed by atoms with van der Waals surface area (Å²) in [7, 11) is 0. The molecule has 0 bridgehead atoms. The number of benzene rings is 4. The van der Waals surface area contributed by atoms with Crippen molar-refractivity contribution in [1.29, 1.82) is 0 Å². The SMILES string of the molecule is CCCC[B-](c1ccccc1)(c1ccccc1)c1ccccc1.O=C(O)c1ccc[n+](CC(=O)c2ccccc2)c1. The number of unbranched alkanes of at least 4 members (excludes halogenated alkanes) is 1. The number of aromatic carboxylic acids is 1. The minimum atomic E-state index is -1.00. The number of ketones is 1. The Labute approximate surface area is 242 Å². The van der Waals surface area contributed by atoms with Crippen LogP contribution < -0.4 is 21.0 Å². The van der Waals surface area contributed by atoms with Crippen LogP contribution in [-0.2, 0) is 6.54 Å². The number of carbonyl (C=O) groups excluding carboxylic acids is 1. The van der Waals surface area contributed by atoms with Gasteiger partial charge < -0.3 is 5.11 Å². The van der Waals surface area contributed by atoms with Gasteiger partial charge in [-0.2, -0.15) is 27.3 Å². The van der Waals surface area contributed by atoms with Crippen molar-refractivity contribution in [2.45, 2.75) is 32.6 Å². The van der Waals surface area contributed by atoms with E-state index in [2.05, 4.69) is 97.9 Å². The first kappa shape index (κ1) is 29.2. The molecule has 0 aliphatic rings. The standard InChI is InChI=1S/C22H24B.C14H11NO3/c1-2-3-19-23(20-13-7-4-8-14-20,21-15-9-5-10-16-21)22-17-11-6-12-18-22;16-13(11-5-2-1-3-6-11)10-15-8-4-7-12(9-15)14(17)18/h4-18H,2-3,19H2,1H3;1-9H,10H2/q-1;/p+1. The molecule has 0 spiro atoms. The van der Waals surface area contributed by atoms with E-state index in [1.54, 1.807) is 41.1 Å². The van der Waals surface area contributed by atoms with Gasteiger partial charge in [-0.1, -0.05) is 141 Å². The van der Waals surface area contributed by atoms with Crippen LogP contribution in [0.5, 0.6) is 0 Å². The summed E-state index contributed by atoms with van der Waals surface area (Å²) in [5.41, 5.74) is 5.11. The van der Waals surface area contributed by atoms with Crippen molar-refractivity contribution in [1.82, 2.24) is 0 Å². The van der Waals surface area contributed by atoms with Crippen LogP contribution in [0.4, 0.5) is 0 Å². The molecule has 0 unspecified atom stereocenters. The van der Waals surface area contributed by atoms with Crippen molar-refractivity contribution in [3.05, 3.63) is 157 Å². The number of rotatable bonds is 10. The van der Waals surface area contributed by atoms with Crippen LogP contribution in [-0.4, -0.2) is 23.0 Å². The van der Waals surface area contributed by atoms with E-state index in [0.717, 1.165) is 0 Å². The largest absolute Gasteiger partial charge is 0.477 e. The number of hydrogen-bond acceptors (Lipinski definition) is 2. The Balaban J connectivity index is 0.000000195. The van der Waals surface area contributed by atoms with Crippen molar-refractivity contribution in [2.24, 2.45) is 0 Å². The zero-order valence-electron chi connectivity index (χ0n) is 23.5. The molecular formula is C36H36BNO3. The summed E-state index contributed by atoms with van der Waals surface area (Å²) in [4.78, 5) is 22.7. The molecular weight excluding hydrogens is 505 g/mol. The van der Waals surface area contributed by atoms with Crippen molar-refractivity contribution < 1.29 is 19.3 Å². The molecule has 0 radical (unpaired) electrons. The fraction of sp³-hybridized carbons (Fsp3) is 0.139. The molecule has 4 aromatic carbocycles. The van der Waals surface area contributed by atoms with Crippen molar-refractivity contribution in [3.8, 4) is 0 Å². The molecule has 206 valence electrons. The van der Waals surface area contributed by atoms with E-state index in [9.17, 15) is 9.59 Å². The van der Waals surface area contributed by atoms with Crippen LogP contribution in [0.1, 0.15) is 40.5 Å². The molecule has 5 aromatic rings. The van der Waals surface area contributed by atoms with Crippen LogP contribution in [0.2, 0.25) is 6.32 Å². The molecule has 0 saturated carbocycles. The number of nitrogens with zero attached hydrogens (tertiary/aromatic N) is 1. The fourth-order valence-electron chi connectivity index (χ4n) is 5.56. The maximum Gasteiger partial charge on any atom is 0.341 e. The smallest absolute Gasteiger partial charge is 0.341 e. The number of carboxylic acid groups (broad SMARTS) is 1. The molecule has 0 amide bonds. The van der Waals surface area contributed by atoms with Gasteiger partial charge in [0.2, 0.25) is 12.3 Å². The fourth-order valence-corrected chi connectivity index (χ4v) is 5.56. The number of carboxylic acids is 1. The molecule has 1 N–H and O–H groups in total. The van der Waals surface area contributed by atoms with Gasteiger partial charge in [0, 0.05) is 11.6 Å². The average Bonchev–Trinajstić information content (AvgIpc) is 3.04. The van der Waals surface area contributed by atoms with Crippen LogP contribution in [0.25, 0.3) is 0 Å².